The predicted octanol–water partition coefficient (Wildman–Crippen LogP) is 1.98. The number of carbonyl (C=O) groups is 6. The molecule has 9 N–H and O–H groups in total. The monoisotopic (exact) mass is 1330 g/mol. The van der Waals surface area contributed by atoms with Gasteiger partial charge in [-0.15, -0.1) is 0 Å². The first-order chi connectivity index (χ1) is 44.1. The van der Waals surface area contributed by atoms with Crippen molar-refractivity contribution in [2.45, 2.75) is 241 Å². The van der Waals surface area contributed by atoms with E-state index >= 15 is 0 Å². The van der Waals surface area contributed by atoms with Gasteiger partial charge < -0.3 is 103 Å². The molecule has 27 heteroatoms. The lowest BCUT2D eigenvalue weighted by Gasteiger charge is -2.42. The molecule has 5 aliphatic heterocycles. The van der Waals surface area contributed by atoms with Crippen LogP contribution in [0.4, 0.5) is 4.79 Å². The Morgan fingerprint density at radius 3 is 2.10 bits per heavy atom. The summed E-state index contributed by atoms with van der Waals surface area (Å²) in [6.07, 6.45) is -9.06. The second-order valence-corrected chi connectivity index (χ2v) is 26.2. The smallest absolute Gasteiger partial charge is 0.460 e. The summed E-state index contributed by atoms with van der Waals surface area (Å²) in [5, 5.41) is 95.4. The highest BCUT2D eigenvalue weighted by atomic mass is 16.8. The molecule has 0 aromatic carbocycles. The van der Waals surface area contributed by atoms with E-state index < -0.39 is 177 Å². The standard InChI is InChI=1S/C66H103NO26/c1-34-16-12-11-13-17-35(2)46(83-8)30-42-21-19-40(7)66(82,93-42)60(78)61(79)67-23-15-14-18-43(67)62(80)89-47(31-44(69)36(3)27-39(6)52(71)59(85-10)51(70)38(5)26-34)37(4)28-41-20-22-45(48(29-41)84-9)86-24-25-87-65(81)92-64-58(77)56(75)54(73)50(91-64)33-88-63-57(76)55(74)53(72)49(32-68)90-63/h11-13,16-17,27,34,36-38,40-43,45-50,52-59,63-64,68,71-77,82H,14-15,18-26,28-33H2,1-10H3/b13-11+,16-12-,35-17+,39-27+/t34-,36-,37-,38-,40-,41?,42+,43?,45-,46+,47+,48-,49-,50-,52-,53-,54-,55+,56+,57-,58-,59+,63+,64-,66-/m1/s1. The van der Waals surface area contributed by atoms with Crippen molar-refractivity contribution < 1.29 is 127 Å². The number of methoxy groups -OCH3 is 3. The van der Waals surface area contributed by atoms with Crippen LogP contribution in [0.1, 0.15) is 126 Å². The first-order valence-corrected chi connectivity index (χ1v) is 32.6. The number of allylic oxidation sites excluding steroid dienone is 6. The molecule has 0 aromatic rings. The summed E-state index contributed by atoms with van der Waals surface area (Å²) in [7, 11) is 4.41. The Hall–Kier alpha value is -4.50. The third kappa shape index (κ3) is 20.3. The predicted molar refractivity (Wildman–Crippen MR) is 328 cm³/mol. The van der Waals surface area contributed by atoms with Crippen LogP contribution in [0.25, 0.3) is 0 Å². The summed E-state index contributed by atoms with van der Waals surface area (Å²) in [4.78, 5) is 85.9. The van der Waals surface area contributed by atoms with Crippen LogP contribution < -0.4 is 0 Å². The fourth-order valence-corrected chi connectivity index (χ4v) is 13.3. The average molecular weight is 1330 g/mol. The largest absolute Gasteiger partial charge is 0.510 e. The number of aliphatic hydroxyl groups excluding tert-OH is 8. The number of piperidine rings is 1. The molecule has 0 spiro atoms. The number of cyclic esters (lactones) is 1. The Balaban J connectivity index is 1.13. The molecule has 5 fully saturated rings. The van der Waals surface area contributed by atoms with Gasteiger partial charge in [-0.05, 0) is 107 Å². The first kappa shape index (κ1) is 77.5. The van der Waals surface area contributed by atoms with Crippen LogP contribution in [-0.2, 0) is 76.1 Å². The van der Waals surface area contributed by atoms with E-state index in [1.807, 2.05) is 51.2 Å². The van der Waals surface area contributed by atoms with Gasteiger partial charge in [0.1, 0.15) is 85.6 Å². The van der Waals surface area contributed by atoms with E-state index in [9.17, 15) is 74.7 Å². The fourth-order valence-electron chi connectivity index (χ4n) is 13.3. The van der Waals surface area contributed by atoms with Gasteiger partial charge in [-0.25, -0.2) is 9.59 Å². The zero-order valence-electron chi connectivity index (χ0n) is 55.3. The van der Waals surface area contributed by atoms with E-state index in [-0.39, 0.29) is 62.4 Å². The van der Waals surface area contributed by atoms with Gasteiger partial charge in [0.05, 0.1) is 44.2 Å². The van der Waals surface area contributed by atoms with Crippen molar-refractivity contribution in [3.63, 3.8) is 0 Å². The van der Waals surface area contributed by atoms with E-state index in [1.54, 1.807) is 40.9 Å². The lowest BCUT2D eigenvalue weighted by Crippen LogP contribution is -2.61. The fraction of sp³-hybridized carbons (Fsp3) is 0.788. The molecule has 6 aliphatic rings. The van der Waals surface area contributed by atoms with Gasteiger partial charge in [0.25, 0.3) is 11.7 Å². The summed E-state index contributed by atoms with van der Waals surface area (Å²) >= 11 is 0. The second kappa shape index (κ2) is 36.2. The van der Waals surface area contributed by atoms with Crippen molar-refractivity contribution in [3.8, 4) is 0 Å². The summed E-state index contributed by atoms with van der Waals surface area (Å²) in [6.45, 7) is 10.5. The number of amides is 1. The van der Waals surface area contributed by atoms with Gasteiger partial charge in [0.15, 0.2) is 12.1 Å². The van der Waals surface area contributed by atoms with E-state index in [2.05, 4.69) is 0 Å². The first-order valence-electron chi connectivity index (χ1n) is 32.6. The minimum atomic E-state index is -2.51. The zero-order chi connectivity index (χ0) is 68.6. The van der Waals surface area contributed by atoms with Crippen molar-refractivity contribution in [1.29, 1.82) is 0 Å². The van der Waals surface area contributed by atoms with Crippen molar-refractivity contribution in [1.82, 2.24) is 4.90 Å². The molecule has 5 heterocycles. The van der Waals surface area contributed by atoms with Crippen LogP contribution in [0.15, 0.2) is 47.6 Å². The van der Waals surface area contributed by atoms with Crippen molar-refractivity contribution in [2.75, 3.05) is 54.3 Å². The SMILES string of the molecule is CO[C@H]1C[C@@H]2CC[C@@H](C)[C@@](O)(O2)C(=O)C(=O)N2CCCCC2C(=O)O[C@H]([C@H](C)CC2CC[C@@H](OCCOC(=O)O[C@H]3O[C@H](CO[C@H]4O[C@H](CO)[C@@H](O)[C@H](O)[C@H]4O)[C@@H](O)[C@H](O)[C@H]3O)[C@H](OC)C2)CC(=O)[C@H](C)/C=C(\C)[C@@H](O)[C@@H](OC)C(=O)[C@H](C)C[C@H](C)\C=C/C=C/C=C/1C. The number of carbonyl (C=O) groups excluding carboxylic acids is 6. The van der Waals surface area contributed by atoms with Crippen LogP contribution in [-0.4, -0.2) is 257 Å². The average Bonchev–Trinajstić information content (AvgIpc) is 0.784. The molecule has 25 atom stereocenters. The van der Waals surface area contributed by atoms with Gasteiger partial charge >= 0.3 is 12.1 Å². The molecule has 0 aromatic heterocycles. The number of nitrogens with zero attached hydrogens (tertiary/aromatic N) is 1. The molecule has 93 heavy (non-hydrogen) atoms. The summed E-state index contributed by atoms with van der Waals surface area (Å²) in [5.41, 5.74) is 1.16. The lowest BCUT2D eigenvalue weighted by molar-refractivity contribution is -0.326. The number of Topliss-reactive ketones (excluding diaryl/α,β-unsaturated/α-hetero) is 3. The second-order valence-electron chi connectivity index (χ2n) is 26.2. The number of esters is 1. The minimum absolute atomic E-state index is 0.0102. The molecule has 1 saturated carbocycles. The van der Waals surface area contributed by atoms with Gasteiger partial charge in [-0.2, -0.15) is 0 Å². The molecule has 528 valence electrons. The molecule has 6 rings (SSSR count). The molecular formula is C66H103NO26. The van der Waals surface area contributed by atoms with E-state index in [0.29, 0.717) is 63.4 Å². The Morgan fingerprint density at radius 1 is 0.731 bits per heavy atom. The third-order valence-corrected chi connectivity index (χ3v) is 19.2. The summed E-state index contributed by atoms with van der Waals surface area (Å²) in [5.74, 6) is -9.02. The van der Waals surface area contributed by atoms with Gasteiger partial charge in [0, 0.05) is 58.5 Å². The summed E-state index contributed by atoms with van der Waals surface area (Å²) < 4.78 is 62.5. The minimum Gasteiger partial charge on any atom is -0.460 e. The Bertz CT molecular complexity index is 2580. The number of fused-ring (bicyclic) bond motifs is 3. The Morgan fingerprint density at radius 2 is 1.42 bits per heavy atom. The maximum Gasteiger partial charge on any atom is 0.510 e. The Kier molecular flexibility index (Phi) is 30.2. The number of ether oxygens (including phenoxy) is 11. The molecule has 2 bridgehead atoms. The zero-order valence-corrected chi connectivity index (χ0v) is 55.3. The normalized spacial score (nSPS) is 41.7. The van der Waals surface area contributed by atoms with Crippen LogP contribution >= 0.6 is 0 Å². The van der Waals surface area contributed by atoms with Crippen LogP contribution in [0.5, 0.6) is 0 Å². The topological polar surface area (TPSA) is 389 Å². The van der Waals surface area contributed by atoms with E-state index in [0.717, 1.165) is 10.5 Å². The van der Waals surface area contributed by atoms with Gasteiger partial charge in [-0.1, -0.05) is 71.1 Å². The molecule has 4 saturated heterocycles. The van der Waals surface area contributed by atoms with Crippen LogP contribution in [0, 0.1) is 35.5 Å². The molecular weight excluding hydrogens is 1220 g/mol. The van der Waals surface area contributed by atoms with E-state index in [4.69, 9.17) is 52.1 Å². The molecule has 1 amide bonds. The molecule has 27 nitrogen and oxygen atoms in total. The highest BCUT2D eigenvalue weighted by Gasteiger charge is 2.54. The van der Waals surface area contributed by atoms with Crippen LogP contribution in [0.2, 0.25) is 0 Å². The van der Waals surface area contributed by atoms with Gasteiger partial charge in [0.2, 0.25) is 12.1 Å². The number of hydrogen-bond donors (Lipinski definition) is 9. The summed E-state index contributed by atoms with van der Waals surface area (Å²) in [6, 6.07) is -1.25. The highest BCUT2D eigenvalue weighted by Crippen LogP contribution is 2.39. The highest BCUT2D eigenvalue weighted by molar-refractivity contribution is 6.39. The molecule has 2 unspecified atom stereocenters. The third-order valence-electron chi connectivity index (χ3n) is 19.2. The van der Waals surface area contributed by atoms with Crippen LogP contribution in [0.3, 0.4) is 0 Å². The number of hydrogen-bond acceptors (Lipinski definition) is 26. The molecule has 1 aliphatic carbocycles. The van der Waals surface area contributed by atoms with Crippen molar-refractivity contribution in [3.05, 3.63) is 47.6 Å². The molecule has 0 radical (unpaired) electrons. The number of aliphatic hydroxyl groups is 9. The van der Waals surface area contributed by atoms with Gasteiger partial charge in [-0.3, -0.25) is 19.2 Å². The maximum atomic E-state index is 14.7. The number of ketones is 3. The quantitative estimate of drug-likeness (QED) is 0.0490. The lowest BCUT2D eigenvalue weighted by atomic mass is 9.78. The van der Waals surface area contributed by atoms with E-state index in [1.165, 1.54) is 14.2 Å². The number of rotatable bonds is 15. The van der Waals surface area contributed by atoms with Crippen molar-refractivity contribution >= 4 is 35.4 Å². The van der Waals surface area contributed by atoms with Crippen molar-refractivity contribution in [2.24, 2.45) is 35.5 Å². The maximum absolute atomic E-state index is 14.7. The Labute approximate surface area is 544 Å².